The van der Waals surface area contributed by atoms with Crippen molar-refractivity contribution in [1.82, 2.24) is 29.3 Å². The fourth-order valence-electron chi connectivity index (χ4n) is 2.91. The lowest BCUT2D eigenvalue weighted by molar-refractivity contribution is 0.343. The number of benzene rings is 1. The van der Waals surface area contributed by atoms with Crippen molar-refractivity contribution >= 4 is 16.9 Å². The van der Waals surface area contributed by atoms with E-state index in [-0.39, 0.29) is 5.54 Å². The minimum absolute atomic E-state index is 0.113. The highest BCUT2D eigenvalue weighted by Crippen LogP contribution is 2.18. The van der Waals surface area contributed by atoms with Crippen LogP contribution in [0.4, 0.5) is 5.82 Å². The van der Waals surface area contributed by atoms with Crippen LogP contribution in [0.25, 0.3) is 16.9 Å². The van der Waals surface area contributed by atoms with E-state index in [0.29, 0.717) is 6.54 Å². The highest BCUT2D eigenvalue weighted by Gasteiger charge is 2.18. The maximum atomic E-state index is 4.71. The lowest BCUT2D eigenvalue weighted by atomic mass is 10.1. The molecule has 3 aromatic heterocycles. The molecule has 0 bridgehead atoms. The number of fused-ring (bicyclic) bond motifs is 1. The summed E-state index contributed by atoms with van der Waals surface area (Å²) in [4.78, 5) is 13.5. The van der Waals surface area contributed by atoms with Crippen LogP contribution in [0.3, 0.4) is 0 Å². The van der Waals surface area contributed by atoms with Gasteiger partial charge in [-0.2, -0.15) is 5.10 Å². The normalized spacial score (nSPS) is 11.8. The van der Waals surface area contributed by atoms with Gasteiger partial charge in [-0.15, -0.1) is 0 Å². The van der Waals surface area contributed by atoms with Crippen LogP contribution in [0.5, 0.6) is 0 Å². The van der Waals surface area contributed by atoms with Gasteiger partial charge in [0.15, 0.2) is 0 Å². The third-order valence-electron chi connectivity index (χ3n) is 4.12. The van der Waals surface area contributed by atoms with Crippen molar-refractivity contribution in [2.45, 2.75) is 32.9 Å². The SMILES string of the molecule is CC(C)(C)n1ncnc1CNc1cccc(-n2cnc3ccccc32)n1. The first-order valence-electron chi connectivity index (χ1n) is 8.55. The number of hydrogen-bond donors (Lipinski definition) is 1. The molecule has 0 amide bonds. The predicted octanol–water partition coefficient (Wildman–Crippen LogP) is 3.38. The van der Waals surface area contributed by atoms with Crippen molar-refractivity contribution in [1.29, 1.82) is 0 Å². The minimum atomic E-state index is -0.113. The number of aromatic nitrogens is 6. The number of imidazole rings is 1. The molecule has 0 radical (unpaired) electrons. The quantitative estimate of drug-likeness (QED) is 0.613. The number of para-hydroxylation sites is 2. The Morgan fingerprint density at radius 2 is 1.85 bits per heavy atom. The molecule has 0 atom stereocenters. The van der Waals surface area contributed by atoms with Crippen LogP contribution in [0.1, 0.15) is 26.6 Å². The largest absolute Gasteiger partial charge is 0.363 e. The molecule has 4 aromatic rings. The van der Waals surface area contributed by atoms with E-state index in [0.717, 1.165) is 28.5 Å². The Balaban J connectivity index is 1.58. The summed E-state index contributed by atoms with van der Waals surface area (Å²) in [6.45, 7) is 6.87. The van der Waals surface area contributed by atoms with Gasteiger partial charge in [0.2, 0.25) is 0 Å². The molecule has 4 rings (SSSR count). The van der Waals surface area contributed by atoms with Crippen molar-refractivity contribution < 1.29 is 0 Å². The zero-order valence-corrected chi connectivity index (χ0v) is 15.1. The van der Waals surface area contributed by atoms with Gasteiger partial charge in [0.05, 0.1) is 23.1 Å². The zero-order chi connectivity index (χ0) is 18.1. The maximum Gasteiger partial charge on any atom is 0.146 e. The summed E-state index contributed by atoms with van der Waals surface area (Å²) in [6, 6.07) is 13.9. The summed E-state index contributed by atoms with van der Waals surface area (Å²) < 4.78 is 3.91. The summed E-state index contributed by atoms with van der Waals surface area (Å²) in [6.07, 6.45) is 3.39. The highest BCUT2D eigenvalue weighted by molar-refractivity contribution is 5.76. The van der Waals surface area contributed by atoms with E-state index < -0.39 is 0 Å². The van der Waals surface area contributed by atoms with Gasteiger partial charge in [0.25, 0.3) is 0 Å². The molecular weight excluding hydrogens is 326 g/mol. The molecule has 0 fully saturated rings. The van der Waals surface area contributed by atoms with Gasteiger partial charge in [0, 0.05) is 0 Å². The van der Waals surface area contributed by atoms with E-state index >= 15 is 0 Å². The van der Waals surface area contributed by atoms with E-state index in [1.807, 2.05) is 51.7 Å². The Morgan fingerprint density at radius 3 is 2.69 bits per heavy atom. The third kappa shape index (κ3) is 3.03. The Hall–Kier alpha value is -3.22. The molecule has 0 saturated heterocycles. The summed E-state index contributed by atoms with van der Waals surface area (Å²) in [5, 5.41) is 7.67. The summed E-state index contributed by atoms with van der Waals surface area (Å²) in [5.74, 6) is 2.47. The number of nitrogens with one attached hydrogen (secondary N) is 1. The molecule has 0 aliphatic carbocycles. The van der Waals surface area contributed by atoms with Crippen LogP contribution in [0.2, 0.25) is 0 Å². The van der Waals surface area contributed by atoms with Gasteiger partial charge >= 0.3 is 0 Å². The fraction of sp³-hybridized carbons (Fsp3) is 0.263. The van der Waals surface area contributed by atoms with Gasteiger partial charge < -0.3 is 5.32 Å². The highest BCUT2D eigenvalue weighted by atomic mass is 15.4. The monoisotopic (exact) mass is 347 g/mol. The summed E-state index contributed by atoms with van der Waals surface area (Å²) in [7, 11) is 0. The van der Waals surface area contributed by atoms with E-state index in [9.17, 15) is 0 Å². The van der Waals surface area contributed by atoms with Crippen LogP contribution >= 0.6 is 0 Å². The Kier molecular flexibility index (Phi) is 3.91. The van der Waals surface area contributed by atoms with E-state index in [4.69, 9.17) is 4.98 Å². The lowest BCUT2D eigenvalue weighted by Gasteiger charge is -2.21. The van der Waals surface area contributed by atoms with E-state index in [1.165, 1.54) is 0 Å². The minimum Gasteiger partial charge on any atom is -0.363 e. The molecule has 3 heterocycles. The maximum absolute atomic E-state index is 4.71. The summed E-state index contributed by atoms with van der Waals surface area (Å²) >= 11 is 0. The second kappa shape index (κ2) is 6.25. The van der Waals surface area contributed by atoms with Crippen molar-refractivity contribution in [3.63, 3.8) is 0 Å². The number of nitrogens with zero attached hydrogens (tertiary/aromatic N) is 6. The average molecular weight is 347 g/mol. The van der Waals surface area contributed by atoms with Crippen molar-refractivity contribution in [2.24, 2.45) is 0 Å². The lowest BCUT2D eigenvalue weighted by Crippen LogP contribution is -2.26. The second-order valence-corrected chi connectivity index (χ2v) is 7.10. The van der Waals surface area contributed by atoms with Crippen LogP contribution in [-0.2, 0) is 12.1 Å². The smallest absolute Gasteiger partial charge is 0.146 e. The molecule has 1 N–H and O–H groups in total. The molecule has 0 unspecified atom stereocenters. The fourth-order valence-corrected chi connectivity index (χ4v) is 2.91. The average Bonchev–Trinajstić information content (AvgIpc) is 3.27. The zero-order valence-electron chi connectivity index (χ0n) is 15.1. The van der Waals surface area contributed by atoms with Crippen LogP contribution in [0, 0.1) is 0 Å². The van der Waals surface area contributed by atoms with Gasteiger partial charge in [0.1, 0.15) is 30.1 Å². The molecule has 0 spiro atoms. The molecule has 7 nitrogen and oxygen atoms in total. The second-order valence-electron chi connectivity index (χ2n) is 7.10. The van der Waals surface area contributed by atoms with Crippen LogP contribution in [-0.4, -0.2) is 29.3 Å². The van der Waals surface area contributed by atoms with Crippen molar-refractivity contribution in [2.75, 3.05) is 5.32 Å². The van der Waals surface area contributed by atoms with Gasteiger partial charge in [-0.05, 0) is 45.0 Å². The van der Waals surface area contributed by atoms with Crippen molar-refractivity contribution in [3.05, 3.63) is 60.9 Å². The van der Waals surface area contributed by atoms with Crippen LogP contribution < -0.4 is 5.32 Å². The number of hydrogen-bond acceptors (Lipinski definition) is 5. The predicted molar refractivity (Wildman–Crippen MR) is 101 cm³/mol. The Labute approximate surface area is 151 Å². The topological polar surface area (TPSA) is 73.5 Å². The molecular formula is C19H21N7. The third-order valence-corrected chi connectivity index (χ3v) is 4.12. The first-order valence-corrected chi connectivity index (χ1v) is 8.55. The summed E-state index contributed by atoms with van der Waals surface area (Å²) in [5.41, 5.74) is 1.87. The molecule has 0 aliphatic heterocycles. The first kappa shape index (κ1) is 16.3. The Morgan fingerprint density at radius 1 is 1.00 bits per heavy atom. The standard InChI is InChI=1S/C19H21N7/c1-19(2,3)26-18(21-12-23-26)11-20-16-9-6-10-17(24-16)25-13-22-14-7-4-5-8-15(14)25/h4-10,12-13H,11H2,1-3H3,(H,20,24). The van der Waals surface area contributed by atoms with Gasteiger partial charge in [-0.25, -0.2) is 19.6 Å². The van der Waals surface area contributed by atoms with Gasteiger partial charge in [-0.1, -0.05) is 18.2 Å². The van der Waals surface area contributed by atoms with E-state index in [2.05, 4.69) is 41.2 Å². The first-order chi connectivity index (χ1) is 12.5. The molecule has 0 aliphatic rings. The molecule has 132 valence electrons. The van der Waals surface area contributed by atoms with Crippen LogP contribution in [0.15, 0.2) is 55.1 Å². The molecule has 7 heteroatoms. The van der Waals surface area contributed by atoms with E-state index in [1.54, 1.807) is 12.7 Å². The molecule has 1 aromatic carbocycles. The van der Waals surface area contributed by atoms with Crippen molar-refractivity contribution in [3.8, 4) is 5.82 Å². The number of anilines is 1. The Bertz CT molecular complexity index is 1040. The number of pyridine rings is 1. The molecule has 26 heavy (non-hydrogen) atoms. The van der Waals surface area contributed by atoms with Gasteiger partial charge in [-0.3, -0.25) is 4.57 Å². The molecule has 0 saturated carbocycles. The number of rotatable bonds is 4.